The molecule has 0 saturated heterocycles. The maximum absolute atomic E-state index is 12.7. The fraction of sp³-hybridized carbons (Fsp3) is 0.778. The van der Waals surface area contributed by atoms with Gasteiger partial charge >= 0.3 is 5.97 Å². The van der Waals surface area contributed by atoms with E-state index in [9.17, 15) is 19.2 Å². The first-order chi connectivity index (χ1) is 12.9. The Labute approximate surface area is 170 Å². The number of carboxylic acids is 1. The van der Waals surface area contributed by atoms with Crippen molar-refractivity contribution in [3.05, 3.63) is 0 Å². The lowest BCUT2D eigenvalue weighted by Crippen LogP contribution is -2.59. The Balaban J connectivity index is 5.14. The van der Waals surface area contributed by atoms with Crippen LogP contribution in [-0.2, 0) is 19.2 Å². The van der Waals surface area contributed by atoms with E-state index >= 15 is 0 Å². The highest BCUT2D eigenvalue weighted by atomic mass is 32.2. The molecule has 0 fully saturated rings. The first kappa shape index (κ1) is 26.2. The number of aliphatic carboxylic acids is 1. The molecule has 4 atom stereocenters. The quantitative estimate of drug-likeness (QED) is 0.298. The molecule has 0 aromatic rings. The number of thioether (sulfide) groups is 1. The number of carbonyl (C=O) groups is 4. The largest absolute Gasteiger partial charge is 0.480 e. The molecule has 6 N–H and O–H groups in total. The van der Waals surface area contributed by atoms with E-state index < -0.39 is 47.9 Å². The number of carbonyl (C=O) groups excluding carboxylic acids is 3. The molecule has 162 valence electrons. The monoisotopic (exact) mass is 418 g/mol. The smallest absolute Gasteiger partial charge is 0.325 e. The highest BCUT2D eigenvalue weighted by Gasteiger charge is 2.32. The molecule has 9 nitrogen and oxygen atoms in total. The van der Waals surface area contributed by atoms with Crippen LogP contribution in [-0.4, -0.2) is 65.0 Å². The van der Waals surface area contributed by atoms with Crippen molar-refractivity contribution in [2.45, 2.75) is 65.2 Å². The maximum atomic E-state index is 12.7. The van der Waals surface area contributed by atoms with Gasteiger partial charge in [0.05, 0.1) is 6.04 Å². The van der Waals surface area contributed by atoms with Gasteiger partial charge in [-0.25, -0.2) is 0 Å². The third kappa shape index (κ3) is 8.92. The lowest BCUT2D eigenvalue weighted by molar-refractivity contribution is -0.142. The Kier molecular flexibility index (Phi) is 11.8. The van der Waals surface area contributed by atoms with E-state index in [4.69, 9.17) is 10.8 Å². The normalized spacial score (nSPS) is 15.5. The number of amides is 3. The molecule has 0 heterocycles. The van der Waals surface area contributed by atoms with Crippen LogP contribution >= 0.6 is 11.8 Å². The summed E-state index contributed by atoms with van der Waals surface area (Å²) in [6.07, 6.45) is 2.40. The second-order valence-electron chi connectivity index (χ2n) is 7.42. The molecule has 0 aromatic carbocycles. The van der Waals surface area contributed by atoms with Crippen molar-refractivity contribution < 1.29 is 24.3 Å². The summed E-state index contributed by atoms with van der Waals surface area (Å²) in [7, 11) is 0. The first-order valence-corrected chi connectivity index (χ1v) is 10.7. The van der Waals surface area contributed by atoms with Crippen LogP contribution in [0, 0.1) is 11.8 Å². The summed E-state index contributed by atoms with van der Waals surface area (Å²) in [5.74, 6) is -2.49. The standard InChI is InChI=1S/C18H34N4O5S/c1-9(2)13(16(24)20-11(5)18(26)27)22-17(25)14(10(3)4)21-15(23)12(19)7-8-28-6/h9-14H,7-8,19H2,1-6H3,(H,20,24)(H,21,23)(H,22,25)(H,26,27). The summed E-state index contributed by atoms with van der Waals surface area (Å²) in [5.41, 5.74) is 5.86. The fourth-order valence-electron chi connectivity index (χ4n) is 2.31. The van der Waals surface area contributed by atoms with E-state index in [-0.39, 0.29) is 11.8 Å². The van der Waals surface area contributed by atoms with Gasteiger partial charge < -0.3 is 26.8 Å². The van der Waals surface area contributed by atoms with Crippen molar-refractivity contribution in [1.82, 2.24) is 16.0 Å². The van der Waals surface area contributed by atoms with Gasteiger partial charge in [0.2, 0.25) is 17.7 Å². The van der Waals surface area contributed by atoms with Crippen LogP contribution in [0.5, 0.6) is 0 Å². The molecule has 0 aliphatic heterocycles. The topological polar surface area (TPSA) is 151 Å². The molecule has 0 rings (SSSR count). The van der Waals surface area contributed by atoms with E-state index in [0.29, 0.717) is 6.42 Å². The Bertz CT molecular complexity index is 556. The molecule has 0 spiro atoms. The molecule has 0 aliphatic rings. The van der Waals surface area contributed by atoms with Gasteiger partial charge in [-0.1, -0.05) is 27.7 Å². The summed E-state index contributed by atoms with van der Waals surface area (Å²) in [6, 6.07) is -3.60. The van der Waals surface area contributed by atoms with Gasteiger partial charge in [0.1, 0.15) is 18.1 Å². The SMILES string of the molecule is CSCCC(N)C(=O)NC(C(=O)NC(C(=O)NC(C)C(=O)O)C(C)C)C(C)C. The molecule has 0 aliphatic carbocycles. The summed E-state index contributed by atoms with van der Waals surface area (Å²) >= 11 is 1.57. The fourth-order valence-corrected chi connectivity index (χ4v) is 2.80. The van der Waals surface area contributed by atoms with Crippen molar-refractivity contribution in [3.8, 4) is 0 Å². The van der Waals surface area contributed by atoms with Gasteiger partial charge in [-0.05, 0) is 37.2 Å². The van der Waals surface area contributed by atoms with Crippen molar-refractivity contribution in [2.75, 3.05) is 12.0 Å². The van der Waals surface area contributed by atoms with Crippen LogP contribution < -0.4 is 21.7 Å². The Morgan fingerprint density at radius 3 is 1.68 bits per heavy atom. The summed E-state index contributed by atoms with van der Waals surface area (Å²) in [5, 5.41) is 16.6. The van der Waals surface area contributed by atoms with E-state index in [1.165, 1.54) is 6.92 Å². The van der Waals surface area contributed by atoms with E-state index in [1.807, 2.05) is 6.26 Å². The van der Waals surface area contributed by atoms with Crippen LogP contribution in [0.3, 0.4) is 0 Å². The van der Waals surface area contributed by atoms with Gasteiger partial charge in [-0.2, -0.15) is 11.8 Å². The van der Waals surface area contributed by atoms with Crippen LogP contribution in [0.25, 0.3) is 0 Å². The minimum absolute atomic E-state index is 0.231. The van der Waals surface area contributed by atoms with Crippen molar-refractivity contribution in [3.63, 3.8) is 0 Å². The number of hydrogen-bond acceptors (Lipinski definition) is 6. The number of hydrogen-bond donors (Lipinski definition) is 5. The molecular weight excluding hydrogens is 384 g/mol. The average Bonchev–Trinajstić information content (AvgIpc) is 2.60. The minimum atomic E-state index is -1.17. The summed E-state index contributed by atoms with van der Waals surface area (Å²) in [6.45, 7) is 8.35. The molecule has 0 radical (unpaired) electrons. The predicted octanol–water partition coefficient (Wildman–Crippen LogP) is -0.0623. The third-order valence-electron chi connectivity index (χ3n) is 4.19. The highest BCUT2D eigenvalue weighted by Crippen LogP contribution is 2.08. The molecule has 3 amide bonds. The molecule has 28 heavy (non-hydrogen) atoms. The molecule has 0 saturated carbocycles. The zero-order chi connectivity index (χ0) is 22.0. The zero-order valence-electron chi connectivity index (χ0n) is 17.4. The number of nitrogens with two attached hydrogens (primary N) is 1. The average molecular weight is 419 g/mol. The van der Waals surface area contributed by atoms with E-state index in [0.717, 1.165) is 5.75 Å². The number of carboxylic acid groups (broad SMARTS) is 1. The number of nitrogens with one attached hydrogen (secondary N) is 3. The van der Waals surface area contributed by atoms with Crippen molar-refractivity contribution >= 4 is 35.5 Å². The van der Waals surface area contributed by atoms with Gasteiger partial charge in [-0.15, -0.1) is 0 Å². The van der Waals surface area contributed by atoms with Gasteiger partial charge in [0.25, 0.3) is 0 Å². The predicted molar refractivity (Wildman–Crippen MR) is 110 cm³/mol. The van der Waals surface area contributed by atoms with Crippen molar-refractivity contribution in [2.24, 2.45) is 17.6 Å². The second-order valence-corrected chi connectivity index (χ2v) is 8.40. The molecule has 10 heteroatoms. The Morgan fingerprint density at radius 1 is 0.857 bits per heavy atom. The maximum Gasteiger partial charge on any atom is 0.325 e. The van der Waals surface area contributed by atoms with E-state index in [1.54, 1.807) is 39.5 Å². The van der Waals surface area contributed by atoms with Gasteiger partial charge in [-0.3, -0.25) is 19.2 Å². The lowest BCUT2D eigenvalue weighted by Gasteiger charge is -2.28. The first-order valence-electron chi connectivity index (χ1n) is 9.30. The van der Waals surface area contributed by atoms with Crippen LogP contribution in [0.4, 0.5) is 0 Å². The molecular formula is C18H34N4O5S. The Morgan fingerprint density at radius 2 is 1.29 bits per heavy atom. The summed E-state index contributed by atoms with van der Waals surface area (Å²) < 4.78 is 0. The van der Waals surface area contributed by atoms with Gasteiger partial charge in [0, 0.05) is 0 Å². The van der Waals surface area contributed by atoms with Gasteiger partial charge in [0.15, 0.2) is 0 Å². The highest BCUT2D eigenvalue weighted by molar-refractivity contribution is 7.98. The lowest BCUT2D eigenvalue weighted by atomic mass is 9.99. The van der Waals surface area contributed by atoms with E-state index in [2.05, 4.69) is 16.0 Å². The van der Waals surface area contributed by atoms with Crippen LogP contribution in [0.15, 0.2) is 0 Å². The van der Waals surface area contributed by atoms with Crippen LogP contribution in [0.1, 0.15) is 41.0 Å². The molecule has 0 aromatic heterocycles. The molecule has 0 bridgehead atoms. The number of rotatable bonds is 12. The third-order valence-corrected chi connectivity index (χ3v) is 4.84. The molecule has 4 unspecified atom stereocenters. The Hall–Kier alpha value is -1.81. The summed E-state index contributed by atoms with van der Waals surface area (Å²) in [4.78, 5) is 48.3. The second kappa shape index (κ2) is 12.6. The minimum Gasteiger partial charge on any atom is -0.480 e. The van der Waals surface area contributed by atoms with Crippen molar-refractivity contribution in [1.29, 1.82) is 0 Å². The van der Waals surface area contributed by atoms with Crippen LogP contribution in [0.2, 0.25) is 0 Å². The zero-order valence-corrected chi connectivity index (χ0v) is 18.3.